The van der Waals surface area contributed by atoms with Crippen molar-refractivity contribution in [3.63, 3.8) is 0 Å². The number of aromatic amines is 1. The smallest absolute Gasteiger partial charge is 0.337 e. The van der Waals surface area contributed by atoms with E-state index in [0.717, 1.165) is 12.1 Å². The molecule has 2 unspecified atom stereocenters. The molecule has 3 N–H and O–H groups in total. The first-order valence-corrected chi connectivity index (χ1v) is 6.10. The summed E-state index contributed by atoms with van der Waals surface area (Å²) in [5.74, 6) is -0.259. The number of carboxylic acids is 1. The van der Waals surface area contributed by atoms with Gasteiger partial charge in [0.2, 0.25) is 0 Å². The van der Waals surface area contributed by atoms with E-state index in [9.17, 15) is 4.79 Å². The zero-order chi connectivity index (χ0) is 13.0. The van der Waals surface area contributed by atoms with Crippen LogP contribution in [0.3, 0.4) is 0 Å². The van der Waals surface area contributed by atoms with Gasteiger partial charge in [0.15, 0.2) is 0 Å². The van der Waals surface area contributed by atoms with Gasteiger partial charge in [0, 0.05) is 24.0 Å². The number of aromatic carboxylic acids is 1. The van der Waals surface area contributed by atoms with E-state index >= 15 is 0 Å². The molecule has 4 nitrogen and oxygen atoms in total. The van der Waals surface area contributed by atoms with Crippen LogP contribution in [-0.2, 0) is 6.54 Å². The number of H-pyrrole nitrogens is 1. The lowest BCUT2D eigenvalue weighted by atomic mass is 10.0. The van der Waals surface area contributed by atoms with Crippen molar-refractivity contribution in [3.05, 3.63) is 23.0 Å². The summed E-state index contributed by atoms with van der Waals surface area (Å²) in [6, 6.07) is 2.13. The van der Waals surface area contributed by atoms with Crippen LogP contribution < -0.4 is 5.32 Å². The van der Waals surface area contributed by atoms with Crippen LogP contribution in [-0.4, -0.2) is 22.1 Å². The third kappa shape index (κ3) is 3.60. The normalized spacial score (nSPS) is 14.6. The topological polar surface area (TPSA) is 65.1 Å². The lowest BCUT2D eigenvalue weighted by Crippen LogP contribution is -2.31. The summed E-state index contributed by atoms with van der Waals surface area (Å²) < 4.78 is 0. The second kappa shape index (κ2) is 5.87. The molecule has 1 aromatic rings. The molecule has 1 aromatic heterocycles. The van der Waals surface area contributed by atoms with Gasteiger partial charge in [-0.15, -0.1) is 0 Å². The molecule has 0 aliphatic rings. The van der Waals surface area contributed by atoms with Gasteiger partial charge in [-0.2, -0.15) is 0 Å². The van der Waals surface area contributed by atoms with Gasteiger partial charge in [-0.1, -0.05) is 20.3 Å². The first-order valence-electron chi connectivity index (χ1n) is 6.10. The average molecular weight is 238 g/mol. The Balaban J connectivity index is 2.58. The second-order valence-electron chi connectivity index (χ2n) is 4.69. The quantitative estimate of drug-likeness (QED) is 0.713. The molecule has 0 spiro atoms. The van der Waals surface area contributed by atoms with E-state index in [0.29, 0.717) is 29.8 Å². The van der Waals surface area contributed by atoms with E-state index in [4.69, 9.17) is 5.11 Å². The third-order valence-electron chi connectivity index (χ3n) is 3.41. The molecule has 4 heteroatoms. The van der Waals surface area contributed by atoms with Crippen molar-refractivity contribution in [1.29, 1.82) is 0 Å². The third-order valence-corrected chi connectivity index (χ3v) is 3.41. The fraction of sp³-hybridized carbons (Fsp3) is 0.615. The van der Waals surface area contributed by atoms with E-state index in [-0.39, 0.29) is 0 Å². The minimum atomic E-state index is -0.875. The number of carboxylic acid groups (broad SMARTS) is 1. The highest BCUT2D eigenvalue weighted by molar-refractivity contribution is 5.89. The predicted octanol–water partition coefficient (Wildman–Crippen LogP) is 2.55. The molecule has 0 fully saturated rings. The molecule has 0 aliphatic carbocycles. The average Bonchev–Trinajstić information content (AvgIpc) is 2.66. The molecule has 0 saturated carbocycles. The van der Waals surface area contributed by atoms with E-state index in [1.807, 2.05) is 0 Å². The number of aryl methyl sites for hydroxylation is 1. The van der Waals surface area contributed by atoms with Gasteiger partial charge in [-0.3, -0.25) is 0 Å². The summed E-state index contributed by atoms with van der Waals surface area (Å²) in [5.41, 5.74) is 2.00. The molecule has 1 rings (SSSR count). The standard InChI is InChI=1S/C13H22N2O2/c1-5-8(2)9(3)14-7-11-6-12(13(16)17)10(4)15-11/h6,8-9,14-15H,5,7H2,1-4H3,(H,16,17). The van der Waals surface area contributed by atoms with E-state index in [1.165, 1.54) is 0 Å². The summed E-state index contributed by atoms with van der Waals surface area (Å²) in [7, 11) is 0. The van der Waals surface area contributed by atoms with Gasteiger partial charge in [0.1, 0.15) is 0 Å². The Bertz CT molecular complexity index is 385. The molecular weight excluding hydrogens is 216 g/mol. The fourth-order valence-electron chi connectivity index (χ4n) is 1.77. The van der Waals surface area contributed by atoms with Crippen LogP contribution in [0.25, 0.3) is 0 Å². The Hall–Kier alpha value is -1.29. The summed E-state index contributed by atoms with van der Waals surface area (Å²) >= 11 is 0. The Morgan fingerprint density at radius 1 is 1.53 bits per heavy atom. The van der Waals surface area contributed by atoms with Crippen LogP contribution in [0.5, 0.6) is 0 Å². The summed E-state index contributed by atoms with van der Waals surface area (Å²) in [5, 5.41) is 12.3. The van der Waals surface area contributed by atoms with Crippen molar-refractivity contribution >= 4 is 5.97 Å². The highest BCUT2D eigenvalue weighted by atomic mass is 16.4. The van der Waals surface area contributed by atoms with Gasteiger partial charge in [0.25, 0.3) is 0 Å². The van der Waals surface area contributed by atoms with Gasteiger partial charge in [-0.25, -0.2) is 4.79 Å². The maximum Gasteiger partial charge on any atom is 0.337 e. The van der Waals surface area contributed by atoms with E-state index in [2.05, 4.69) is 31.1 Å². The Kier molecular flexibility index (Phi) is 4.75. The van der Waals surface area contributed by atoms with Gasteiger partial charge < -0.3 is 15.4 Å². The molecular formula is C13H22N2O2. The van der Waals surface area contributed by atoms with Crippen LogP contribution >= 0.6 is 0 Å². The number of carbonyl (C=O) groups is 1. The Labute approximate surface area is 102 Å². The first kappa shape index (κ1) is 13.8. The maximum absolute atomic E-state index is 10.9. The minimum Gasteiger partial charge on any atom is -0.478 e. The number of aromatic nitrogens is 1. The predicted molar refractivity (Wildman–Crippen MR) is 68.2 cm³/mol. The largest absolute Gasteiger partial charge is 0.478 e. The number of nitrogens with one attached hydrogen (secondary N) is 2. The van der Waals surface area contributed by atoms with E-state index in [1.54, 1.807) is 13.0 Å². The molecule has 17 heavy (non-hydrogen) atoms. The number of hydrogen-bond acceptors (Lipinski definition) is 2. The van der Waals surface area contributed by atoms with Crippen molar-refractivity contribution in [1.82, 2.24) is 10.3 Å². The monoisotopic (exact) mass is 238 g/mol. The molecule has 96 valence electrons. The van der Waals surface area contributed by atoms with Crippen LogP contribution in [0.2, 0.25) is 0 Å². The summed E-state index contributed by atoms with van der Waals surface area (Å²) in [6.07, 6.45) is 1.14. The molecule has 0 amide bonds. The van der Waals surface area contributed by atoms with Crippen molar-refractivity contribution < 1.29 is 9.90 Å². The van der Waals surface area contributed by atoms with Gasteiger partial charge in [0.05, 0.1) is 5.56 Å². The number of rotatable bonds is 6. The molecule has 0 radical (unpaired) electrons. The van der Waals surface area contributed by atoms with E-state index < -0.39 is 5.97 Å². The molecule has 2 atom stereocenters. The zero-order valence-electron chi connectivity index (χ0n) is 11.0. The summed E-state index contributed by atoms with van der Waals surface area (Å²) in [6.45, 7) is 9.00. The Morgan fingerprint density at radius 2 is 2.18 bits per heavy atom. The van der Waals surface area contributed by atoms with Crippen molar-refractivity contribution in [2.45, 2.75) is 46.7 Å². The molecule has 0 saturated heterocycles. The van der Waals surface area contributed by atoms with Crippen LogP contribution in [0.1, 0.15) is 48.9 Å². The lowest BCUT2D eigenvalue weighted by molar-refractivity contribution is 0.0696. The highest BCUT2D eigenvalue weighted by Crippen LogP contribution is 2.11. The highest BCUT2D eigenvalue weighted by Gasteiger charge is 2.13. The molecule has 0 aromatic carbocycles. The van der Waals surface area contributed by atoms with Crippen molar-refractivity contribution in [3.8, 4) is 0 Å². The molecule has 0 bridgehead atoms. The van der Waals surface area contributed by atoms with Crippen LogP contribution in [0, 0.1) is 12.8 Å². The molecule has 0 aliphatic heterocycles. The SMILES string of the molecule is CCC(C)C(C)NCc1cc(C(=O)O)c(C)[nH]1. The van der Waals surface area contributed by atoms with Crippen molar-refractivity contribution in [2.75, 3.05) is 0 Å². The summed E-state index contributed by atoms with van der Waals surface area (Å²) in [4.78, 5) is 14.0. The fourth-order valence-corrected chi connectivity index (χ4v) is 1.77. The minimum absolute atomic E-state index is 0.359. The zero-order valence-corrected chi connectivity index (χ0v) is 11.0. The van der Waals surface area contributed by atoms with Crippen molar-refractivity contribution in [2.24, 2.45) is 5.92 Å². The second-order valence-corrected chi connectivity index (χ2v) is 4.69. The van der Waals surface area contributed by atoms with Crippen LogP contribution in [0.4, 0.5) is 0 Å². The van der Waals surface area contributed by atoms with Gasteiger partial charge in [-0.05, 0) is 25.8 Å². The molecule has 1 heterocycles. The number of hydrogen-bond donors (Lipinski definition) is 3. The Morgan fingerprint density at radius 3 is 2.65 bits per heavy atom. The lowest BCUT2D eigenvalue weighted by Gasteiger charge is -2.19. The van der Waals surface area contributed by atoms with Gasteiger partial charge >= 0.3 is 5.97 Å². The first-order chi connectivity index (χ1) is 7.95. The van der Waals surface area contributed by atoms with Crippen LogP contribution in [0.15, 0.2) is 6.07 Å². The maximum atomic E-state index is 10.9.